The van der Waals surface area contributed by atoms with Crippen molar-refractivity contribution in [1.29, 1.82) is 0 Å². The highest BCUT2D eigenvalue weighted by Crippen LogP contribution is 2.52. The fraction of sp³-hybridized carbons (Fsp3) is 0.368. The van der Waals surface area contributed by atoms with Gasteiger partial charge in [-0.05, 0) is 59.8 Å². The molecular formula is C19H19NO4. The first kappa shape index (κ1) is 14.0. The first-order chi connectivity index (χ1) is 11.8. The zero-order valence-corrected chi connectivity index (χ0v) is 13.8. The van der Waals surface area contributed by atoms with E-state index in [0.29, 0.717) is 6.04 Å². The van der Waals surface area contributed by atoms with Crippen LogP contribution in [-0.2, 0) is 12.8 Å². The van der Waals surface area contributed by atoms with Gasteiger partial charge in [0.05, 0.1) is 14.2 Å². The molecule has 2 aliphatic heterocycles. The van der Waals surface area contributed by atoms with Gasteiger partial charge in [0.25, 0.3) is 0 Å². The van der Waals surface area contributed by atoms with Gasteiger partial charge in [0.15, 0.2) is 23.0 Å². The number of benzene rings is 2. The standard InChI is InChI=1S/C19H19NO4/c1-21-16-6-10-3-4-20-13-5-11-7-14-15(24-9-23-14)8-12(11)18(17(10)13)19(16)22-2/h6-8,13,20H,3-5,9H2,1-2H3/t13-/m0/s1. The molecule has 0 saturated carbocycles. The lowest BCUT2D eigenvalue weighted by Gasteiger charge is -2.35. The van der Waals surface area contributed by atoms with Crippen molar-refractivity contribution in [3.8, 4) is 34.1 Å². The molecule has 2 heterocycles. The minimum atomic E-state index is 0.285. The van der Waals surface area contributed by atoms with E-state index in [1.807, 2.05) is 0 Å². The summed E-state index contributed by atoms with van der Waals surface area (Å²) in [7, 11) is 3.40. The Morgan fingerprint density at radius 3 is 2.67 bits per heavy atom. The van der Waals surface area contributed by atoms with E-state index in [1.165, 1.54) is 16.7 Å². The minimum absolute atomic E-state index is 0.285. The first-order valence-electron chi connectivity index (χ1n) is 8.24. The molecule has 0 spiro atoms. The van der Waals surface area contributed by atoms with Crippen molar-refractivity contribution in [1.82, 2.24) is 5.32 Å². The van der Waals surface area contributed by atoms with E-state index in [4.69, 9.17) is 18.9 Å². The molecule has 124 valence electrons. The third-order valence-corrected chi connectivity index (χ3v) is 5.22. The Bertz CT molecular complexity index is 846. The fourth-order valence-corrected chi connectivity index (χ4v) is 4.20. The molecule has 3 aliphatic rings. The maximum absolute atomic E-state index is 5.76. The predicted octanol–water partition coefficient (Wildman–Crippen LogP) is 2.84. The van der Waals surface area contributed by atoms with Gasteiger partial charge >= 0.3 is 0 Å². The molecular weight excluding hydrogens is 306 g/mol. The molecule has 1 N–H and O–H groups in total. The molecule has 5 heteroatoms. The number of ether oxygens (including phenoxy) is 4. The largest absolute Gasteiger partial charge is 0.493 e. The summed E-state index contributed by atoms with van der Waals surface area (Å²) in [5.41, 5.74) is 6.22. The number of hydrogen-bond donors (Lipinski definition) is 1. The summed E-state index contributed by atoms with van der Waals surface area (Å²) >= 11 is 0. The highest BCUT2D eigenvalue weighted by atomic mass is 16.7. The average Bonchev–Trinajstić information content (AvgIpc) is 3.06. The number of fused-ring (bicyclic) bond motifs is 3. The highest BCUT2D eigenvalue weighted by Gasteiger charge is 2.35. The quantitative estimate of drug-likeness (QED) is 0.920. The zero-order valence-electron chi connectivity index (χ0n) is 13.8. The van der Waals surface area contributed by atoms with Crippen LogP contribution in [0.25, 0.3) is 11.1 Å². The van der Waals surface area contributed by atoms with Crippen molar-refractivity contribution in [3.05, 3.63) is 34.9 Å². The van der Waals surface area contributed by atoms with Crippen LogP contribution in [0.1, 0.15) is 22.7 Å². The van der Waals surface area contributed by atoms with Crippen LogP contribution < -0.4 is 24.3 Å². The Hall–Kier alpha value is -2.40. The van der Waals surface area contributed by atoms with Crippen molar-refractivity contribution >= 4 is 0 Å². The monoisotopic (exact) mass is 325 g/mol. The molecule has 0 saturated heterocycles. The van der Waals surface area contributed by atoms with E-state index in [9.17, 15) is 0 Å². The predicted molar refractivity (Wildman–Crippen MR) is 89.3 cm³/mol. The highest BCUT2D eigenvalue weighted by molar-refractivity contribution is 5.85. The van der Waals surface area contributed by atoms with Crippen molar-refractivity contribution in [3.63, 3.8) is 0 Å². The zero-order chi connectivity index (χ0) is 16.3. The van der Waals surface area contributed by atoms with Crippen molar-refractivity contribution in [2.24, 2.45) is 0 Å². The Morgan fingerprint density at radius 1 is 1.04 bits per heavy atom. The van der Waals surface area contributed by atoms with Gasteiger partial charge in [-0.25, -0.2) is 0 Å². The Kier molecular flexibility index (Phi) is 2.94. The second-order valence-corrected chi connectivity index (χ2v) is 6.38. The van der Waals surface area contributed by atoms with Crippen LogP contribution >= 0.6 is 0 Å². The van der Waals surface area contributed by atoms with Crippen molar-refractivity contribution < 1.29 is 18.9 Å². The van der Waals surface area contributed by atoms with Crippen LogP contribution in [0.4, 0.5) is 0 Å². The molecule has 24 heavy (non-hydrogen) atoms. The molecule has 0 unspecified atom stereocenters. The van der Waals surface area contributed by atoms with Gasteiger partial charge in [0.1, 0.15) is 0 Å². The maximum Gasteiger partial charge on any atom is 0.231 e. The van der Waals surface area contributed by atoms with E-state index >= 15 is 0 Å². The lowest BCUT2D eigenvalue weighted by molar-refractivity contribution is 0.174. The lowest BCUT2D eigenvalue weighted by atomic mass is 9.77. The molecule has 0 radical (unpaired) electrons. The Labute approximate surface area is 140 Å². The molecule has 0 bridgehead atoms. The number of methoxy groups -OCH3 is 2. The van der Waals surface area contributed by atoms with Crippen molar-refractivity contribution in [2.45, 2.75) is 18.9 Å². The average molecular weight is 325 g/mol. The lowest BCUT2D eigenvalue weighted by Crippen LogP contribution is -2.33. The number of rotatable bonds is 2. The van der Waals surface area contributed by atoms with Crippen LogP contribution in [0.2, 0.25) is 0 Å². The van der Waals surface area contributed by atoms with Crippen LogP contribution in [0, 0.1) is 0 Å². The van der Waals surface area contributed by atoms with Crippen LogP contribution in [0.3, 0.4) is 0 Å². The molecule has 0 amide bonds. The Morgan fingerprint density at radius 2 is 1.88 bits per heavy atom. The van der Waals surface area contributed by atoms with E-state index in [-0.39, 0.29) is 6.79 Å². The summed E-state index contributed by atoms with van der Waals surface area (Å²) in [5.74, 6) is 3.21. The molecule has 1 atom stereocenters. The topological polar surface area (TPSA) is 49.0 Å². The SMILES string of the molecule is COc1cc2c3c(c1OC)-c1cc4c(cc1C[C@@H]3NCC2)OCO4. The van der Waals surface area contributed by atoms with Gasteiger partial charge in [-0.1, -0.05) is 0 Å². The van der Waals surface area contributed by atoms with Crippen LogP contribution in [0.5, 0.6) is 23.0 Å². The van der Waals surface area contributed by atoms with E-state index in [0.717, 1.165) is 53.5 Å². The molecule has 0 fully saturated rings. The molecule has 0 aromatic heterocycles. The van der Waals surface area contributed by atoms with Gasteiger partial charge in [0, 0.05) is 11.6 Å². The summed E-state index contributed by atoms with van der Waals surface area (Å²) in [6, 6.07) is 6.62. The number of hydrogen-bond acceptors (Lipinski definition) is 5. The summed E-state index contributed by atoms with van der Waals surface area (Å²) < 4.78 is 22.5. The van der Waals surface area contributed by atoms with Gasteiger partial charge in [-0.3, -0.25) is 0 Å². The van der Waals surface area contributed by atoms with E-state index in [1.54, 1.807) is 14.2 Å². The number of nitrogens with one attached hydrogen (secondary N) is 1. The van der Waals surface area contributed by atoms with Crippen LogP contribution in [-0.4, -0.2) is 27.6 Å². The molecule has 5 nitrogen and oxygen atoms in total. The van der Waals surface area contributed by atoms with Gasteiger partial charge in [-0.2, -0.15) is 0 Å². The maximum atomic E-state index is 5.76. The normalized spacial score (nSPS) is 19.5. The summed E-state index contributed by atoms with van der Waals surface area (Å²) in [5, 5.41) is 3.65. The van der Waals surface area contributed by atoms with Gasteiger partial charge in [-0.15, -0.1) is 0 Å². The third kappa shape index (κ3) is 1.79. The third-order valence-electron chi connectivity index (χ3n) is 5.22. The van der Waals surface area contributed by atoms with Gasteiger partial charge in [0.2, 0.25) is 6.79 Å². The molecule has 2 aromatic carbocycles. The summed E-state index contributed by atoms with van der Waals surface area (Å²) in [6.07, 6.45) is 1.94. The first-order valence-corrected chi connectivity index (χ1v) is 8.24. The van der Waals surface area contributed by atoms with Crippen molar-refractivity contribution in [2.75, 3.05) is 27.6 Å². The van der Waals surface area contributed by atoms with Gasteiger partial charge < -0.3 is 24.3 Å². The molecule has 1 aliphatic carbocycles. The van der Waals surface area contributed by atoms with E-state index in [2.05, 4.69) is 23.5 Å². The molecule has 2 aromatic rings. The second kappa shape index (κ2) is 5.05. The molecule has 5 rings (SSSR count). The fourth-order valence-electron chi connectivity index (χ4n) is 4.20. The smallest absolute Gasteiger partial charge is 0.231 e. The second-order valence-electron chi connectivity index (χ2n) is 6.38. The summed E-state index contributed by atoms with van der Waals surface area (Å²) in [6.45, 7) is 1.26. The Balaban J connectivity index is 1.84. The van der Waals surface area contributed by atoms with Crippen LogP contribution in [0.15, 0.2) is 18.2 Å². The summed E-state index contributed by atoms with van der Waals surface area (Å²) in [4.78, 5) is 0. The minimum Gasteiger partial charge on any atom is -0.493 e. The van der Waals surface area contributed by atoms with E-state index < -0.39 is 0 Å².